The Morgan fingerprint density at radius 3 is 2.47 bits per heavy atom. The Morgan fingerprint density at radius 1 is 1.07 bits per heavy atom. The number of benzene rings is 1. The van der Waals surface area contributed by atoms with Gasteiger partial charge < -0.3 is 0 Å². The first kappa shape index (κ1) is 12.1. The maximum atomic E-state index is 5.89. The molecule has 1 aromatic rings. The second kappa shape index (κ2) is 5.84. The van der Waals surface area contributed by atoms with Crippen LogP contribution in [0, 0.1) is 0 Å². The molecule has 0 aliphatic carbocycles. The van der Waals surface area contributed by atoms with Crippen LogP contribution in [-0.4, -0.2) is 11.5 Å². The average molecular weight is 369 g/mol. The van der Waals surface area contributed by atoms with E-state index in [1.165, 1.54) is 31.3 Å². The van der Waals surface area contributed by atoms with E-state index >= 15 is 0 Å². The van der Waals surface area contributed by atoms with Crippen molar-refractivity contribution in [1.82, 2.24) is 0 Å². The van der Waals surface area contributed by atoms with Gasteiger partial charge >= 0.3 is 0 Å². The van der Waals surface area contributed by atoms with Crippen molar-refractivity contribution in [2.45, 2.75) is 6.42 Å². The van der Waals surface area contributed by atoms with Crippen LogP contribution < -0.4 is 0 Å². The summed E-state index contributed by atoms with van der Waals surface area (Å²) < 4.78 is 1.41. The summed E-state index contributed by atoms with van der Waals surface area (Å²) in [6, 6.07) is 8.14. The van der Waals surface area contributed by atoms with Crippen LogP contribution >= 0.6 is 57.7 Å². The first-order valence-electron chi connectivity index (χ1n) is 4.68. The van der Waals surface area contributed by atoms with Gasteiger partial charge in [0, 0.05) is 9.93 Å². The molecule has 0 aromatic heterocycles. The molecular weight excluding hydrogens is 359 g/mol. The van der Waals surface area contributed by atoms with Gasteiger partial charge in [0.25, 0.3) is 0 Å². The number of rotatable bonds is 1. The normalized spacial score (nSPS) is 17.7. The van der Waals surface area contributed by atoms with Crippen molar-refractivity contribution >= 4 is 62.6 Å². The molecule has 1 aromatic carbocycles. The predicted molar refractivity (Wildman–Crippen MR) is 81.9 cm³/mol. The molecule has 0 saturated heterocycles. The summed E-state index contributed by atoms with van der Waals surface area (Å²) in [7, 11) is 0. The largest absolute Gasteiger partial charge is 0.124 e. The first-order valence-corrected chi connectivity index (χ1v) is 8.11. The van der Waals surface area contributed by atoms with E-state index in [1.807, 2.05) is 35.7 Å². The van der Waals surface area contributed by atoms with Crippen LogP contribution in [-0.2, 0) is 0 Å². The summed E-state index contributed by atoms with van der Waals surface area (Å²) in [6.45, 7) is 0. The molecule has 0 unspecified atom stereocenters. The molecule has 1 aliphatic rings. The van der Waals surface area contributed by atoms with Crippen molar-refractivity contribution in [2.75, 3.05) is 11.5 Å². The van der Waals surface area contributed by atoms with Crippen molar-refractivity contribution in [2.24, 2.45) is 0 Å². The zero-order valence-electron chi connectivity index (χ0n) is 8.00. The monoisotopic (exact) mass is 368 g/mol. The third-order valence-corrected chi connectivity index (χ3v) is 6.44. The van der Waals surface area contributed by atoms with Gasteiger partial charge in [-0.15, -0.1) is 23.5 Å². The van der Waals surface area contributed by atoms with E-state index < -0.39 is 0 Å². The Bertz CT molecular complexity index is 373. The van der Waals surface area contributed by atoms with E-state index in [0.29, 0.717) is 0 Å². The molecule has 4 heteroatoms. The minimum absolute atomic E-state index is 0.806. The van der Waals surface area contributed by atoms with Gasteiger partial charge in [-0.3, -0.25) is 0 Å². The van der Waals surface area contributed by atoms with Gasteiger partial charge in [-0.25, -0.2) is 0 Å². The third-order valence-electron chi connectivity index (χ3n) is 2.05. The maximum Gasteiger partial charge on any atom is 0.0599 e. The minimum atomic E-state index is 0.806. The molecule has 0 spiro atoms. The lowest BCUT2D eigenvalue weighted by Crippen LogP contribution is -1.81. The van der Waals surface area contributed by atoms with Gasteiger partial charge in [-0.2, -0.15) is 0 Å². The van der Waals surface area contributed by atoms with Crippen LogP contribution in [0.2, 0.25) is 5.02 Å². The summed E-state index contributed by atoms with van der Waals surface area (Å²) in [4.78, 5) is 1.41. The fraction of sp³-hybridized carbons (Fsp3) is 0.273. The quantitative estimate of drug-likeness (QED) is 0.619. The SMILES string of the molecule is Clc1ccc(C2=C(I)SCCCS2)cc1. The summed E-state index contributed by atoms with van der Waals surface area (Å²) in [5.41, 5.74) is 1.29. The van der Waals surface area contributed by atoms with Gasteiger partial charge in [-0.1, -0.05) is 23.7 Å². The van der Waals surface area contributed by atoms with Gasteiger partial charge in [0.1, 0.15) is 0 Å². The van der Waals surface area contributed by atoms with E-state index in [4.69, 9.17) is 11.6 Å². The van der Waals surface area contributed by atoms with Crippen LogP contribution in [0.5, 0.6) is 0 Å². The lowest BCUT2D eigenvalue weighted by atomic mass is 10.2. The first-order chi connectivity index (χ1) is 7.27. The highest BCUT2D eigenvalue weighted by Gasteiger charge is 2.12. The molecule has 0 bridgehead atoms. The molecule has 1 aliphatic heterocycles. The Kier molecular flexibility index (Phi) is 4.73. The Labute approximate surface area is 117 Å². The van der Waals surface area contributed by atoms with Gasteiger partial charge in [-0.05, 0) is 58.2 Å². The van der Waals surface area contributed by atoms with Crippen LogP contribution in [0.1, 0.15) is 12.0 Å². The standard InChI is InChI=1S/C11H10ClIS2/c12-9-4-2-8(3-5-9)10-11(13)15-7-1-6-14-10/h2-5H,1,6-7H2. The van der Waals surface area contributed by atoms with Crippen LogP contribution in [0.4, 0.5) is 0 Å². The molecule has 1 heterocycles. The highest BCUT2D eigenvalue weighted by Crippen LogP contribution is 2.42. The molecule has 80 valence electrons. The summed E-state index contributed by atoms with van der Waals surface area (Å²) in [6.07, 6.45) is 1.29. The summed E-state index contributed by atoms with van der Waals surface area (Å²) >= 11 is 12.3. The van der Waals surface area contributed by atoms with Crippen molar-refractivity contribution in [3.8, 4) is 0 Å². The fourth-order valence-electron chi connectivity index (χ4n) is 1.32. The van der Waals surface area contributed by atoms with Crippen LogP contribution in [0.25, 0.3) is 4.91 Å². The van der Waals surface area contributed by atoms with Crippen molar-refractivity contribution in [3.63, 3.8) is 0 Å². The van der Waals surface area contributed by atoms with E-state index in [9.17, 15) is 0 Å². The van der Waals surface area contributed by atoms with Gasteiger partial charge in [0.05, 0.1) is 2.91 Å². The van der Waals surface area contributed by atoms with Crippen molar-refractivity contribution in [3.05, 3.63) is 37.8 Å². The van der Waals surface area contributed by atoms with E-state index in [1.54, 1.807) is 0 Å². The molecule has 2 rings (SSSR count). The van der Waals surface area contributed by atoms with Crippen LogP contribution in [0.3, 0.4) is 0 Å². The molecule has 0 amide bonds. The molecule has 0 nitrogen and oxygen atoms in total. The second-order valence-corrected chi connectivity index (χ2v) is 7.62. The highest BCUT2D eigenvalue weighted by atomic mass is 127. The lowest BCUT2D eigenvalue weighted by molar-refractivity contribution is 1.13. The fourth-order valence-corrected chi connectivity index (χ4v) is 5.04. The average Bonchev–Trinajstić information content (AvgIpc) is 2.44. The third kappa shape index (κ3) is 3.32. The lowest BCUT2D eigenvalue weighted by Gasteiger charge is -2.07. The molecule has 0 fully saturated rings. The number of hydrogen-bond acceptors (Lipinski definition) is 2. The summed E-state index contributed by atoms with van der Waals surface area (Å²) in [5.74, 6) is 2.46. The van der Waals surface area contributed by atoms with E-state index in [0.717, 1.165) is 5.02 Å². The Morgan fingerprint density at radius 2 is 1.73 bits per heavy atom. The molecular formula is C11H10ClIS2. The number of halogens is 2. The maximum absolute atomic E-state index is 5.89. The highest BCUT2D eigenvalue weighted by molar-refractivity contribution is 14.1. The molecule has 15 heavy (non-hydrogen) atoms. The van der Waals surface area contributed by atoms with Gasteiger partial charge in [0.2, 0.25) is 0 Å². The number of thioether (sulfide) groups is 2. The smallest absolute Gasteiger partial charge is 0.0599 e. The number of hydrogen-bond donors (Lipinski definition) is 0. The van der Waals surface area contributed by atoms with E-state index in [-0.39, 0.29) is 0 Å². The predicted octanol–water partition coefficient (Wildman–Crippen LogP) is 5.27. The Balaban J connectivity index is 2.31. The molecule has 0 radical (unpaired) electrons. The van der Waals surface area contributed by atoms with E-state index in [2.05, 4.69) is 34.7 Å². The molecule has 0 saturated carbocycles. The molecule has 0 atom stereocenters. The van der Waals surface area contributed by atoms with Crippen molar-refractivity contribution < 1.29 is 0 Å². The summed E-state index contributed by atoms with van der Waals surface area (Å²) in [5, 5.41) is 0.806. The van der Waals surface area contributed by atoms with Crippen LogP contribution in [0.15, 0.2) is 27.2 Å². The zero-order valence-corrected chi connectivity index (χ0v) is 12.5. The second-order valence-electron chi connectivity index (χ2n) is 3.16. The topological polar surface area (TPSA) is 0 Å². The molecule has 0 N–H and O–H groups in total. The zero-order chi connectivity index (χ0) is 10.7. The minimum Gasteiger partial charge on any atom is -0.124 e. The van der Waals surface area contributed by atoms with Crippen molar-refractivity contribution in [1.29, 1.82) is 0 Å². The van der Waals surface area contributed by atoms with Gasteiger partial charge in [0.15, 0.2) is 0 Å². The Hall–Kier alpha value is 0.680.